The summed E-state index contributed by atoms with van der Waals surface area (Å²) in [7, 11) is 0. The Morgan fingerprint density at radius 2 is 1.77 bits per heavy atom. The monoisotopic (exact) mass is 578 g/mol. The number of hydrogen-bond acceptors (Lipinski definition) is 6. The van der Waals surface area contributed by atoms with Crippen molar-refractivity contribution in [1.29, 1.82) is 0 Å². The van der Waals surface area contributed by atoms with Crippen LogP contribution in [0.3, 0.4) is 0 Å². The zero-order chi connectivity index (χ0) is 27.5. The van der Waals surface area contributed by atoms with Crippen molar-refractivity contribution in [3.63, 3.8) is 0 Å². The summed E-state index contributed by atoms with van der Waals surface area (Å²) < 4.78 is 13.4. The lowest BCUT2D eigenvalue weighted by molar-refractivity contribution is -0.139. The molecule has 0 saturated carbocycles. The first kappa shape index (κ1) is 26.9. The van der Waals surface area contributed by atoms with Gasteiger partial charge in [0.2, 0.25) is 0 Å². The molecule has 2 heterocycles. The SMILES string of the molecule is CCOC(=O)C1=C(C)N=c2s/c(=C\c3ccccc3OCc3ccccc3Cl)c(=O)n2[C@H]1c1ccc(Cl)cc1. The molecule has 0 aliphatic carbocycles. The van der Waals surface area contributed by atoms with E-state index in [1.807, 2.05) is 48.5 Å². The summed E-state index contributed by atoms with van der Waals surface area (Å²) in [5.41, 5.74) is 2.88. The molecule has 0 spiro atoms. The van der Waals surface area contributed by atoms with Crippen molar-refractivity contribution in [1.82, 2.24) is 4.57 Å². The van der Waals surface area contributed by atoms with E-state index >= 15 is 0 Å². The maximum Gasteiger partial charge on any atom is 0.338 e. The molecule has 3 aromatic carbocycles. The molecule has 39 heavy (non-hydrogen) atoms. The maximum absolute atomic E-state index is 13.9. The number of fused-ring (bicyclic) bond motifs is 1. The highest BCUT2D eigenvalue weighted by Crippen LogP contribution is 2.31. The molecule has 1 atom stereocenters. The first-order valence-corrected chi connectivity index (χ1v) is 13.8. The number of ether oxygens (including phenoxy) is 2. The summed E-state index contributed by atoms with van der Waals surface area (Å²) in [5, 5.41) is 1.18. The normalized spacial score (nSPS) is 15.1. The second-order valence-electron chi connectivity index (χ2n) is 8.77. The smallest absolute Gasteiger partial charge is 0.338 e. The lowest BCUT2D eigenvalue weighted by atomic mass is 9.96. The van der Waals surface area contributed by atoms with Crippen LogP contribution in [-0.2, 0) is 16.1 Å². The molecule has 198 valence electrons. The average molecular weight is 580 g/mol. The molecule has 0 fully saturated rings. The third-order valence-electron chi connectivity index (χ3n) is 6.25. The molecular formula is C30H24Cl2N2O4S. The molecule has 0 bridgehead atoms. The molecule has 1 aliphatic heterocycles. The van der Waals surface area contributed by atoms with Crippen LogP contribution >= 0.6 is 34.5 Å². The van der Waals surface area contributed by atoms with E-state index in [9.17, 15) is 9.59 Å². The fourth-order valence-electron chi connectivity index (χ4n) is 4.40. The van der Waals surface area contributed by atoms with Crippen molar-refractivity contribution in [3.05, 3.63) is 130 Å². The van der Waals surface area contributed by atoms with Crippen LogP contribution in [-0.4, -0.2) is 17.1 Å². The Morgan fingerprint density at radius 1 is 1.05 bits per heavy atom. The highest BCUT2D eigenvalue weighted by atomic mass is 35.5. The molecular weight excluding hydrogens is 555 g/mol. The van der Waals surface area contributed by atoms with Crippen molar-refractivity contribution in [2.24, 2.45) is 4.99 Å². The summed E-state index contributed by atoms with van der Waals surface area (Å²) in [4.78, 5) is 32.0. The minimum atomic E-state index is -0.702. The minimum Gasteiger partial charge on any atom is -0.488 e. The van der Waals surface area contributed by atoms with Gasteiger partial charge in [-0.15, -0.1) is 0 Å². The van der Waals surface area contributed by atoms with Crippen molar-refractivity contribution >= 4 is 46.6 Å². The van der Waals surface area contributed by atoms with E-state index in [0.717, 1.165) is 16.7 Å². The first-order valence-electron chi connectivity index (χ1n) is 12.3. The number of allylic oxidation sites excluding steroid dienone is 1. The van der Waals surface area contributed by atoms with Crippen LogP contribution in [0.25, 0.3) is 6.08 Å². The Morgan fingerprint density at radius 3 is 2.51 bits per heavy atom. The van der Waals surface area contributed by atoms with Gasteiger partial charge in [-0.1, -0.05) is 83.1 Å². The molecule has 1 aromatic heterocycles. The van der Waals surface area contributed by atoms with Gasteiger partial charge in [-0.05, 0) is 49.8 Å². The number of nitrogens with zero attached hydrogens (tertiary/aromatic N) is 2. The van der Waals surface area contributed by atoms with E-state index in [0.29, 0.717) is 36.4 Å². The zero-order valence-corrected chi connectivity index (χ0v) is 23.5. The molecule has 6 nitrogen and oxygen atoms in total. The second-order valence-corrected chi connectivity index (χ2v) is 10.6. The van der Waals surface area contributed by atoms with Crippen LogP contribution < -0.4 is 19.6 Å². The Labute approximate surface area is 239 Å². The number of benzene rings is 3. The minimum absolute atomic E-state index is 0.207. The highest BCUT2D eigenvalue weighted by Gasteiger charge is 2.33. The number of para-hydroxylation sites is 1. The van der Waals surface area contributed by atoms with E-state index in [1.165, 1.54) is 11.3 Å². The van der Waals surface area contributed by atoms with Gasteiger partial charge in [-0.2, -0.15) is 0 Å². The zero-order valence-electron chi connectivity index (χ0n) is 21.2. The Balaban J connectivity index is 1.60. The second kappa shape index (κ2) is 11.6. The number of rotatable bonds is 7. The number of hydrogen-bond donors (Lipinski definition) is 0. The highest BCUT2D eigenvalue weighted by molar-refractivity contribution is 7.07. The molecule has 1 aliphatic rings. The first-order chi connectivity index (χ1) is 18.9. The predicted octanol–water partition coefficient (Wildman–Crippen LogP) is 5.68. The van der Waals surface area contributed by atoms with Crippen molar-refractivity contribution in [3.8, 4) is 5.75 Å². The topological polar surface area (TPSA) is 69.9 Å². The average Bonchev–Trinajstić information content (AvgIpc) is 3.23. The number of halogens is 2. The van der Waals surface area contributed by atoms with Crippen LogP contribution in [0.2, 0.25) is 10.0 Å². The fraction of sp³-hybridized carbons (Fsp3) is 0.167. The summed E-state index contributed by atoms with van der Waals surface area (Å²) in [6.07, 6.45) is 1.79. The Kier molecular flexibility index (Phi) is 8.02. The van der Waals surface area contributed by atoms with Crippen LogP contribution in [0.5, 0.6) is 5.75 Å². The third kappa shape index (κ3) is 5.57. The molecule has 0 N–H and O–H groups in total. The summed E-state index contributed by atoms with van der Waals surface area (Å²) in [5.74, 6) is 0.104. The molecule has 4 aromatic rings. The molecule has 0 amide bonds. The maximum atomic E-state index is 13.9. The van der Waals surface area contributed by atoms with Gasteiger partial charge in [-0.25, -0.2) is 9.79 Å². The van der Waals surface area contributed by atoms with Gasteiger partial charge in [0.25, 0.3) is 5.56 Å². The molecule has 0 unspecified atom stereocenters. The fourth-order valence-corrected chi connectivity index (χ4v) is 5.75. The van der Waals surface area contributed by atoms with Crippen LogP contribution in [0, 0.1) is 0 Å². The molecule has 0 radical (unpaired) electrons. The number of carbonyl (C=O) groups is 1. The van der Waals surface area contributed by atoms with E-state index in [2.05, 4.69) is 4.99 Å². The van der Waals surface area contributed by atoms with E-state index in [4.69, 9.17) is 32.7 Å². The van der Waals surface area contributed by atoms with Gasteiger partial charge < -0.3 is 9.47 Å². The number of aromatic nitrogens is 1. The predicted molar refractivity (Wildman–Crippen MR) is 154 cm³/mol. The summed E-state index contributed by atoms with van der Waals surface area (Å²) in [6, 6.07) is 21.3. The van der Waals surface area contributed by atoms with E-state index < -0.39 is 12.0 Å². The lowest BCUT2D eigenvalue weighted by Crippen LogP contribution is -2.39. The van der Waals surface area contributed by atoms with Crippen LogP contribution in [0.1, 0.15) is 36.6 Å². The summed E-state index contributed by atoms with van der Waals surface area (Å²) in [6.45, 7) is 3.98. The van der Waals surface area contributed by atoms with Gasteiger partial charge in [-0.3, -0.25) is 9.36 Å². The standard InChI is InChI=1S/C30H24Cl2N2O4S/c1-3-37-29(36)26-18(2)33-30-34(27(26)19-12-14-22(31)15-13-19)28(35)25(39-30)16-20-8-5-7-11-24(20)38-17-21-9-4-6-10-23(21)32/h4-16,27H,3,17H2,1-2H3/b25-16-/t27-/m0/s1. The Bertz CT molecular complexity index is 1760. The third-order valence-corrected chi connectivity index (χ3v) is 7.85. The van der Waals surface area contributed by atoms with Gasteiger partial charge in [0.15, 0.2) is 4.80 Å². The lowest BCUT2D eigenvalue weighted by Gasteiger charge is -2.24. The Hall–Kier alpha value is -3.65. The van der Waals surface area contributed by atoms with Crippen molar-refractivity contribution < 1.29 is 14.3 Å². The van der Waals surface area contributed by atoms with Crippen molar-refractivity contribution in [2.45, 2.75) is 26.5 Å². The van der Waals surface area contributed by atoms with Crippen molar-refractivity contribution in [2.75, 3.05) is 6.61 Å². The molecule has 9 heteroatoms. The quantitative estimate of drug-likeness (QED) is 0.264. The van der Waals surface area contributed by atoms with Gasteiger partial charge >= 0.3 is 5.97 Å². The van der Waals surface area contributed by atoms with Gasteiger partial charge in [0.1, 0.15) is 12.4 Å². The number of thiazole rings is 1. The van der Waals surface area contributed by atoms with E-state index in [-0.39, 0.29) is 18.8 Å². The van der Waals surface area contributed by atoms with Crippen LogP contribution in [0.15, 0.2) is 93.9 Å². The molecule has 5 rings (SSSR count). The van der Waals surface area contributed by atoms with Gasteiger partial charge in [0.05, 0.1) is 28.5 Å². The summed E-state index contributed by atoms with van der Waals surface area (Å²) >= 11 is 13.7. The molecule has 0 saturated heterocycles. The number of carbonyl (C=O) groups excluding carboxylic acids is 1. The van der Waals surface area contributed by atoms with E-state index in [1.54, 1.807) is 48.8 Å². The largest absolute Gasteiger partial charge is 0.488 e. The van der Waals surface area contributed by atoms with Crippen LogP contribution in [0.4, 0.5) is 0 Å². The number of esters is 1. The van der Waals surface area contributed by atoms with Gasteiger partial charge in [0, 0.05) is 21.2 Å².